The molecule has 3 heterocycles. The summed E-state index contributed by atoms with van der Waals surface area (Å²) in [5.74, 6) is 0.461. The molecule has 1 aromatic heterocycles. The van der Waals surface area contributed by atoms with Crippen molar-refractivity contribution in [1.29, 1.82) is 0 Å². The average molecular weight is 425 g/mol. The highest BCUT2D eigenvalue weighted by Crippen LogP contribution is 2.30. The fourth-order valence-electron chi connectivity index (χ4n) is 3.39. The van der Waals surface area contributed by atoms with Crippen molar-refractivity contribution in [2.24, 2.45) is 5.41 Å². The Morgan fingerprint density at radius 3 is 2.73 bits per heavy atom. The van der Waals surface area contributed by atoms with Crippen molar-refractivity contribution in [3.05, 3.63) is 22.8 Å². The van der Waals surface area contributed by atoms with Gasteiger partial charge in [-0.25, -0.2) is 4.98 Å². The molecule has 1 amide bonds. The van der Waals surface area contributed by atoms with Crippen LogP contribution >= 0.6 is 15.9 Å². The Morgan fingerprint density at radius 2 is 2.08 bits per heavy atom. The number of rotatable bonds is 6. The molecule has 1 N–H and O–H groups in total. The first-order valence-electron chi connectivity index (χ1n) is 8.98. The molecule has 1 atom stereocenters. The molecule has 2 fully saturated rings. The molecule has 3 rings (SSSR count). The maximum atomic E-state index is 12.1. The molecular formula is C18H25BrN4O3. The van der Waals surface area contributed by atoms with Gasteiger partial charge in [-0.3, -0.25) is 14.5 Å². The minimum Gasteiger partial charge on any atom is -0.465 e. The van der Waals surface area contributed by atoms with Crippen LogP contribution in [0.25, 0.3) is 0 Å². The zero-order chi connectivity index (χ0) is 18.6. The average Bonchev–Trinajstić information content (AvgIpc) is 2.93. The van der Waals surface area contributed by atoms with E-state index in [1.807, 2.05) is 13.0 Å². The van der Waals surface area contributed by atoms with E-state index < -0.39 is 0 Å². The van der Waals surface area contributed by atoms with Crippen LogP contribution < -0.4 is 5.32 Å². The van der Waals surface area contributed by atoms with Gasteiger partial charge >= 0.3 is 5.97 Å². The molecule has 0 radical (unpaired) electrons. The second kappa shape index (κ2) is 8.45. The van der Waals surface area contributed by atoms with E-state index in [-0.39, 0.29) is 17.3 Å². The topological polar surface area (TPSA) is 74.8 Å². The van der Waals surface area contributed by atoms with Crippen LogP contribution in [0.2, 0.25) is 0 Å². The molecule has 26 heavy (non-hydrogen) atoms. The van der Waals surface area contributed by atoms with E-state index in [1.54, 1.807) is 12.3 Å². The molecule has 8 heteroatoms. The standard InChI is InChI=1S/C18H25BrN4O3/c1-18(4-11-26-17(18)25)13-23-9-7-22(8-10-23)6-3-16(24)21-15-12-14(19)2-5-20-15/h2,5,12H,3-4,6-11,13H2,1H3,(H,20,21,24). The van der Waals surface area contributed by atoms with E-state index in [4.69, 9.17) is 4.74 Å². The number of halogens is 1. The Hall–Kier alpha value is -1.51. The Bertz CT molecular complexity index is 664. The molecule has 1 aromatic rings. The summed E-state index contributed by atoms with van der Waals surface area (Å²) in [6.07, 6.45) is 2.90. The third-order valence-electron chi connectivity index (χ3n) is 5.06. The van der Waals surface area contributed by atoms with Gasteiger partial charge in [-0.1, -0.05) is 15.9 Å². The largest absolute Gasteiger partial charge is 0.465 e. The van der Waals surface area contributed by atoms with E-state index >= 15 is 0 Å². The zero-order valence-corrected chi connectivity index (χ0v) is 16.6. The Morgan fingerprint density at radius 1 is 1.35 bits per heavy atom. The number of carbonyl (C=O) groups excluding carboxylic acids is 2. The quantitative estimate of drug-likeness (QED) is 0.701. The number of piperazine rings is 1. The smallest absolute Gasteiger partial charge is 0.313 e. The van der Waals surface area contributed by atoms with Crippen LogP contribution in [0.4, 0.5) is 5.82 Å². The molecule has 2 saturated heterocycles. The lowest BCUT2D eigenvalue weighted by Gasteiger charge is -2.37. The Labute approximate surface area is 162 Å². The van der Waals surface area contributed by atoms with Crippen molar-refractivity contribution < 1.29 is 14.3 Å². The van der Waals surface area contributed by atoms with Crippen LogP contribution in [0.15, 0.2) is 22.8 Å². The number of anilines is 1. The maximum Gasteiger partial charge on any atom is 0.313 e. The summed E-state index contributed by atoms with van der Waals surface area (Å²) in [6.45, 7) is 7.67. The van der Waals surface area contributed by atoms with E-state index in [0.29, 0.717) is 18.8 Å². The molecule has 7 nitrogen and oxygen atoms in total. The highest BCUT2D eigenvalue weighted by Gasteiger charge is 2.41. The van der Waals surface area contributed by atoms with E-state index in [2.05, 4.69) is 36.0 Å². The van der Waals surface area contributed by atoms with Crippen molar-refractivity contribution in [1.82, 2.24) is 14.8 Å². The van der Waals surface area contributed by atoms with E-state index in [0.717, 1.165) is 50.2 Å². The highest BCUT2D eigenvalue weighted by atomic mass is 79.9. The predicted molar refractivity (Wildman–Crippen MR) is 102 cm³/mol. The number of pyridine rings is 1. The van der Waals surface area contributed by atoms with Crippen molar-refractivity contribution in [3.8, 4) is 0 Å². The molecule has 0 bridgehead atoms. The summed E-state index contributed by atoms with van der Waals surface area (Å²) in [5, 5.41) is 2.82. The van der Waals surface area contributed by atoms with Crippen LogP contribution in [0.1, 0.15) is 19.8 Å². The second-order valence-electron chi connectivity index (χ2n) is 7.22. The lowest BCUT2D eigenvalue weighted by atomic mass is 9.88. The number of hydrogen-bond acceptors (Lipinski definition) is 6. The van der Waals surface area contributed by atoms with Crippen LogP contribution in [-0.2, 0) is 14.3 Å². The molecule has 0 aliphatic carbocycles. The normalized spacial score (nSPS) is 24.5. The molecule has 2 aliphatic rings. The van der Waals surface area contributed by atoms with Gasteiger partial charge in [0.1, 0.15) is 5.82 Å². The summed E-state index contributed by atoms with van der Waals surface area (Å²) in [4.78, 5) is 32.7. The summed E-state index contributed by atoms with van der Waals surface area (Å²) >= 11 is 3.36. The van der Waals surface area contributed by atoms with Crippen molar-refractivity contribution >= 4 is 33.6 Å². The van der Waals surface area contributed by atoms with Crippen LogP contribution in [0, 0.1) is 5.41 Å². The SMILES string of the molecule is CC1(CN2CCN(CCC(=O)Nc3cc(Br)ccn3)CC2)CCOC1=O. The first-order valence-corrected chi connectivity index (χ1v) is 9.77. The van der Waals surface area contributed by atoms with Crippen LogP contribution in [0.5, 0.6) is 0 Å². The molecule has 1 unspecified atom stereocenters. The fourth-order valence-corrected chi connectivity index (χ4v) is 3.73. The van der Waals surface area contributed by atoms with E-state index in [1.165, 1.54) is 0 Å². The third-order valence-corrected chi connectivity index (χ3v) is 5.56. The number of carbonyl (C=O) groups is 2. The third kappa shape index (κ3) is 5.02. The number of hydrogen-bond donors (Lipinski definition) is 1. The summed E-state index contributed by atoms with van der Waals surface area (Å²) in [6, 6.07) is 3.60. The summed E-state index contributed by atoms with van der Waals surface area (Å²) < 4.78 is 6.01. The van der Waals surface area contributed by atoms with Crippen molar-refractivity contribution in [3.63, 3.8) is 0 Å². The van der Waals surface area contributed by atoms with Crippen LogP contribution in [-0.4, -0.2) is 72.5 Å². The van der Waals surface area contributed by atoms with Gasteiger partial charge in [0, 0.05) is 56.4 Å². The molecule has 2 aliphatic heterocycles. The monoisotopic (exact) mass is 424 g/mol. The fraction of sp³-hybridized carbons (Fsp3) is 0.611. The zero-order valence-electron chi connectivity index (χ0n) is 15.0. The number of amides is 1. The van der Waals surface area contributed by atoms with Gasteiger partial charge in [-0.2, -0.15) is 0 Å². The van der Waals surface area contributed by atoms with Gasteiger partial charge in [0.25, 0.3) is 0 Å². The minimum atomic E-state index is -0.362. The molecular weight excluding hydrogens is 400 g/mol. The number of cyclic esters (lactones) is 1. The Kier molecular flexibility index (Phi) is 6.26. The molecule has 142 valence electrons. The van der Waals surface area contributed by atoms with Gasteiger partial charge < -0.3 is 15.0 Å². The summed E-state index contributed by atoms with van der Waals surface area (Å²) in [7, 11) is 0. The Balaban J connectivity index is 1.37. The number of aromatic nitrogens is 1. The van der Waals surface area contributed by atoms with Gasteiger partial charge in [-0.15, -0.1) is 0 Å². The first kappa shape index (κ1) is 19.3. The number of ether oxygens (including phenoxy) is 1. The van der Waals surface area contributed by atoms with Crippen LogP contribution in [0.3, 0.4) is 0 Å². The lowest BCUT2D eigenvalue weighted by Crippen LogP contribution is -2.50. The molecule has 0 aromatic carbocycles. The first-order chi connectivity index (χ1) is 12.4. The lowest BCUT2D eigenvalue weighted by molar-refractivity contribution is -0.146. The van der Waals surface area contributed by atoms with Crippen molar-refractivity contribution in [2.75, 3.05) is 51.2 Å². The number of nitrogens with one attached hydrogen (secondary N) is 1. The van der Waals surface area contributed by atoms with Gasteiger partial charge in [0.05, 0.1) is 12.0 Å². The molecule has 0 saturated carbocycles. The number of esters is 1. The second-order valence-corrected chi connectivity index (χ2v) is 8.14. The van der Waals surface area contributed by atoms with Crippen molar-refractivity contribution in [2.45, 2.75) is 19.8 Å². The number of nitrogens with zero attached hydrogens (tertiary/aromatic N) is 3. The predicted octanol–water partition coefficient (Wildman–Crippen LogP) is 1.74. The summed E-state index contributed by atoms with van der Waals surface area (Å²) in [5.41, 5.74) is -0.362. The maximum absolute atomic E-state index is 12.1. The van der Waals surface area contributed by atoms with E-state index in [9.17, 15) is 9.59 Å². The van der Waals surface area contributed by atoms with Gasteiger partial charge in [0.15, 0.2) is 0 Å². The molecule has 0 spiro atoms. The van der Waals surface area contributed by atoms with Gasteiger partial charge in [0.2, 0.25) is 5.91 Å². The highest BCUT2D eigenvalue weighted by molar-refractivity contribution is 9.10. The van der Waals surface area contributed by atoms with Gasteiger partial charge in [-0.05, 0) is 25.5 Å². The minimum absolute atomic E-state index is 0.0285.